The van der Waals surface area contributed by atoms with Crippen molar-refractivity contribution in [2.75, 3.05) is 31.1 Å². The van der Waals surface area contributed by atoms with Crippen LogP contribution >= 0.6 is 0 Å². The average Bonchev–Trinajstić information content (AvgIpc) is 2.67. The van der Waals surface area contributed by atoms with Gasteiger partial charge in [-0.3, -0.25) is 4.79 Å². The lowest BCUT2D eigenvalue weighted by atomic mass is 10.1. The highest BCUT2D eigenvalue weighted by molar-refractivity contribution is 5.94. The molecule has 0 aliphatic carbocycles. The number of anilines is 1. The van der Waals surface area contributed by atoms with Crippen LogP contribution in [0.5, 0.6) is 5.75 Å². The third-order valence-electron chi connectivity index (χ3n) is 4.60. The molecule has 7 heteroatoms. The van der Waals surface area contributed by atoms with Crippen LogP contribution in [0.1, 0.15) is 29.8 Å². The normalized spacial score (nSPS) is 15.1. The highest BCUT2D eigenvalue weighted by Crippen LogP contribution is 2.29. The van der Waals surface area contributed by atoms with Gasteiger partial charge in [0.1, 0.15) is 5.75 Å². The Morgan fingerprint density at radius 2 is 1.50 bits per heavy atom. The lowest BCUT2D eigenvalue weighted by Crippen LogP contribution is -2.48. The van der Waals surface area contributed by atoms with Crippen molar-refractivity contribution in [3.8, 4) is 5.75 Å². The molecular formula is C21H23F3N2O2. The molecule has 0 unspecified atom stereocenters. The summed E-state index contributed by atoms with van der Waals surface area (Å²) in [4.78, 5) is 16.4. The van der Waals surface area contributed by atoms with Crippen molar-refractivity contribution in [3.05, 3.63) is 59.7 Å². The minimum atomic E-state index is -4.40. The molecule has 0 N–H and O–H groups in total. The highest BCUT2D eigenvalue weighted by atomic mass is 19.4. The summed E-state index contributed by atoms with van der Waals surface area (Å²) in [5.41, 5.74) is 0.577. The van der Waals surface area contributed by atoms with Crippen LogP contribution in [0.4, 0.5) is 18.9 Å². The minimum absolute atomic E-state index is 0.116. The molecule has 3 rings (SSSR count). The van der Waals surface area contributed by atoms with Gasteiger partial charge < -0.3 is 14.5 Å². The predicted molar refractivity (Wildman–Crippen MR) is 102 cm³/mol. The van der Waals surface area contributed by atoms with E-state index in [1.54, 1.807) is 4.90 Å². The zero-order valence-electron chi connectivity index (χ0n) is 15.9. The van der Waals surface area contributed by atoms with Gasteiger partial charge in [0.2, 0.25) is 0 Å². The Morgan fingerprint density at radius 1 is 0.929 bits per heavy atom. The van der Waals surface area contributed by atoms with Crippen LogP contribution in [0, 0.1) is 0 Å². The lowest BCUT2D eigenvalue weighted by Gasteiger charge is -2.36. The van der Waals surface area contributed by atoms with Gasteiger partial charge >= 0.3 is 6.18 Å². The van der Waals surface area contributed by atoms with Gasteiger partial charge in [0.15, 0.2) is 0 Å². The van der Waals surface area contributed by atoms with Crippen LogP contribution in [-0.4, -0.2) is 43.1 Å². The third kappa shape index (κ3) is 4.77. The van der Waals surface area contributed by atoms with E-state index in [1.807, 2.05) is 38.1 Å². The number of halogens is 3. The molecule has 2 aromatic carbocycles. The van der Waals surface area contributed by atoms with Crippen LogP contribution in [-0.2, 0) is 6.18 Å². The molecule has 4 nitrogen and oxygen atoms in total. The maximum absolute atomic E-state index is 12.7. The number of ether oxygens (including phenoxy) is 1. The maximum Gasteiger partial charge on any atom is 0.416 e. The average molecular weight is 392 g/mol. The number of amides is 1. The molecule has 150 valence electrons. The molecule has 1 heterocycles. The van der Waals surface area contributed by atoms with E-state index in [0.29, 0.717) is 26.2 Å². The number of alkyl halides is 3. The van der Waals surface area contributed by atoms with Crippen LogP contribution in [0.3, 0.4) is 0 Å². The number of piperazine rings is 1. The fraction of sp³-hybridized carbons (Fsp3) is 0.381. The van der Waals surface area contributed by atoms with E-state index in [0.717, 1.165) is 23.6 Å². The SMILES string of the molecule is CC(C)Oc1ccc(N2CCN(C(=O)c3ccc(C(F)(F)F)cc3)CC2)cc1. The van der Waals surface area contributed by atoms with Gasteiger partial charge in [-0.2, -0.15) is 13.2 Å². The molecule has 0 bridgehead atoms. The third-order valence-corrected chi connectivity index (χ3v) is 4.60. The highest BCUT2D eigenvalue weighted by Gasteiger charge is 2.30. The standard InChI is InChI=1S/C21H23F3N2O2/c1-15(2)28-19-9-7-18(8-10-19)25-11-13-26(14-12-25)20(27)16-3-5-17(6-4-16)21(22,23)24/h3-10,15H,11-14H2,1-2H3. The first-order valence-electron chi connectivity index (χ1n) is 9.22. The fourth-order valence-electron chi connectivity index (χ4n) is 3.16. The zero-order chi connectivity index (χ0) is 20.3. The van der Waals surface area contributed by atoms with Crippen molar-refractivity contribution in [1.29, 1.82) is 0 Å². The van der Waals surface area contributed by atoms with Crippen molar-refractivity contribution in [3.63, 3.8) is 0 Å². The molecule has 0 saturated carbocycles. The van der Waals surface area contributed by atoms with E-state index < -0.39 is 11.7 Å². The van der Waals surface area contributed by atoms with Gasteiger partial charge in [-0.05, 0) is 62.4 Å². The number of benzene rings is 2. The molecule has 2 aromatic rings. The van der Waals surface area contributed by atoms with Gasteiger partial charge in [0.05, 0.1) is 11.7 Å². The van der Waals surface area contributed by atoms with E-state index in [1.165, 1.54) is 12.1 Å². The molecule has 1 amide bonds. The van der Waals surface area contributed by atoms with Crippen LogP contribution in [0.15, 0.2) is 48.5 Å². The van der Waals surface area contributed by atoms with E-state index in [2.05, 4.69) is 4.90 Å². The van der Waals surface area contributed by atoms with Crippen LogP contribution < -0.4 is 9.64 Å². The second kappa shape index (κ2) is 8.12. The smallest absolute Gasteiger partial charge is 0.416 e. The number of carbonyl (C=O) groups is 1. The van der Waals surface area contributed by atoms with Gasteiger partial charge in [-0.15, -0.1) is 0 Å². The van der Waals surface area contributed by atoms with E-state index in [-0.39, 0.29) is 17.6 Å². The predicted octanol–water partition coefficient (Wildman–Crippen LogP) is 4.46. The van der Waals surface area contributed by atoms with Crippen molar-refractivity contribution in [2.24, 2.45) is 0 Å². The van der Waals surface area contributed by atoms with Crippen molar-refractivity contribution >= 4 is 11.6 Å². The number of hydrogen-bond donors (Lipinski definition) is 0. The molecule has 0 radical (unpaired) electrons. The van der Waals surface area contributed by atoms with Gasteiger partial charge in [-0.1, -0.05) is 0 Å². The molecule has 1 fully saturated rings. The van der Waals surface area contributed by atoms with Crippen LogP contribution in [0.2, 0.25) is 0 Å². The Kier molecular flexibility index (Phi) is 5.82. The summed E-state index contributed by atoms with van der Waals surface area (Å²) in [6.07, 6.45) is -4.28. The van der Waals surface area contributed by atoms with Crippen molar-refractivity contribution < 1.29 is 22.7 Å². The Balaban J connectivity index is 1.58. The molecule has 0 aromatic heterocycles. The summed E-state index contributed by atoms with van der Waals surface area (Å²) in [5, 5.41) is 0. The van der Waals surface area contributed by atoms with Crippen molar-refractivity contribution in [2.45, 2.75) is 26.1 Å². The quantitative estimate of drug-likeness (QED) is 0.771. The lowest BCUT2D eigenvalue weighted by molar-refractivity contribution is -0.137. The summed E-state index contributed by atoms with van der Waals surface area (Å²) in [6.45, 7) is 6.31. The molecule has 1 aliphatic heterocycles. The molecular weight excluding hydrogens is 369 g/mol. The maximum atomic E-state index is 12.7. The van der Waals surface area contributed by atoms with Gasteiger partial charge in [0.25, 0.3) is 5.91 Å². The van der Waals surface area contributed by atoms with Crippen LogP contribution in [0.25, 0.3) is 0 Å². The summed E-state index contributed by atoms with van der Waals surface area (Å²) in [6, 6.07) is 12.2. The Morgan fingerprint density at radius 3 is 2.00 bits per heavy atom. The molecule has 28 heavy (non-hydrogen) atoms. The van der Waals surface area contributed by atoms with Gasteiger partial charge in [-0.25, -0.2) is 0 Å². The summed E-state index contributed by atoms with van der Waals surface area (Å²) in [5.74, 6) is 0.573. The molecule has 1 aliphatic rings. The number of hydrogen-bond acceptors (Lipinski definition) is 3. The first kappa shape index (κ1) is 20.0. The Hall–Kier alpha value is -2.70. The molecule has 0 spiro atoms. The molecule has 0 atom stereocenters. The summed E-state index contributed by atoms with van der Waals surface area (Å²) in [7, 11) is 0. The first-order chi connectivity index (χ1) is 13.2. The monoisotopic (exact) mass is 392 g/mol. The number of rotatable bonds is 4. The fourth-order valence-corrected chi connectivity index (χ4v) is 3.16. The second-order valence-corrected chi connectivity index (χ2v) is 7.01. The summed E-state index contributed by atoms with van der Waals surface area (Å²) >= 11 is 0. The minimum Gasteiger partial charge on any atom is -0.491 e. The summed E-state index contributed by atoms with van der Waals surface area (Å²) < 4.78 is 43.6. The Bertz CT molecular complexity index is 794. The van der Waals surface area contributed by atoms with Crippen molar-refractivity contribution in [1.82, 2.24) is 4.90 Å². The zero-order valence-corrected chi connectivity index (χ0v) is 15.9. The van der Waals surface area contributed by atoms with Gasteiger partial charge in [0, 0.05) is 37.4 Å². The topological polar surface area (TPSA) is 32.8 Å². The van der Waals surface area contributed by atoms with E-state index >= 15 is 0 Å². The number of nitrogens with zero attached hydrogens (tertiary/aromatic N) is 2. The van der Waals surface area contributed by atoms with E-state index in [4.69, 9.17) is 4.74 Å². The van der Waals surface area contributed by atoms with E-state index in [9.17, 15) is 18.0 Å². The largest absolute Gasteiger partial charge is 0.491 e. The second-order valence-electron chi connectivity index (χ2n) is 7.01. The number of carbonyl (C=O) groups excluding carboxylic acids is 1. The first-order valence-corrected chi connectivity index (χ1v) is 9.22. The Labute approximate surface area is 162 Å². The molecule has 1 saturated heterocycles.